The van der Waals surface area contributed by atoms with Crippen molar-refractivity contribution in [3.63, 3.8) is 0 Å². The van der Waals surface area contributed by atoms with Crippen molar-refractivity contribution in [1.29, 1.82) is 0 Å². The van der Waals surface area contributed by atoms with Crippen LogP contribution in [-0.4, -0.2) is 12.6 Å². The van der Waals surface area contributed by atoms with E-state index in [0.29, 0.717) is 35.2 Å². The predicted octanol–water partition coefficient (Wildman–Crippen LogP) is 2.21. The van der Waals surface area contributed by atoms with E-state index in [1.54, 1.807) is 12.1 Å². The molecule has 0 unspecified atom stereocenters. The number of ether oxygens (including phenoxy) is 1. The third-order valence-corrected chi connectivity index (χ3v) is 2.11. The Morgan fingerprint density at radius 1 is 0.941 bits per heavy atom. The highest BCUT2D eigenvalue weighted by Crippen LogP contribution is 2.11. The molecular weight excluding hydrogens is 224 g/mol. The first kappa shape index (κ1) is 11.3. The molecule has 0 amide bonds. The summed E-state index contributed by atoms with van der Waals surface area (Å²) in [7, 11) is 0. The molecule has 0 saturated carbocycles. The van der Waals surface area contributed by atoms with Gasteiger partial charge in [0.05, 0.1) is 11.1 Å². The number of hydrogen-bond acceptors (Lipinski definition) is 5. The Kier molecular flexibility index (Phi) is 3.52. The van der Waals surface area contributed by atoms with E-state index < -0.39 is 0 Å². The minimum Gasteiger partial charge on any atom is -0.466 e. The molecule has 2 aromatic rings. The molecule has 2 heterocycles. The lowest BCUT2D eigenvalue weighted by atomic mass is 10.3. The summed E-state index contributed by atoms with van der Waals surface area (Å²) in [5, 5.41) is 0. The van der Waals surface area contributed by atoms with E-state index in [2.05, 4.69) is 0 Å². The fraction of sp³-hybridized carbons (Fsp3) is 0.167. The van der Waals surface area contributed by atoms with Gasteiger partial charge in [-0.2, -0.15) is 0 Å². The summed E-state index contributed by atoms with van der Waals surface area (Å²) in [6, 6.07) is 3.21. The van der Waals surface area contributed by atoms with Crippen molar-refractivity contribution in [3.8, 4) is 0 Å². The Morgan fingerprint density at radius 3 is 1.76 bits per heavy atom. The number of rotatable bonds is 6. The van der Waals surface area contributed by atoms with E-state index in [-0.39, 0.29) is 13.2 Å². The van der Waals surface area contributed by atoms with Crippen molar-refractivity contribution in [2.45, 2.75) is 13.2 Å². The van der Waals surface area contributed by atoms with Crippen LogP contribution in [0.4, 0.5) is 0 Å². The molecule has 0 aromatic carbocycles. The first-order valence-corrected chi connectivity index (χ1v) is 4.94. The Labute approximate surface area is 97.0 Å². The minimum absolute atomic E-state index is 0.241. The van der Waals surface area contributed by atoms with Gasteiger partial charge in [-0.1, -0.05) is 0 Å². The highest BCUT2D eigenvalue weighted by atomic mass is 16.5. The standard InChI is InChI=1S/C12H10O5/c13-3-9-1-11(16-5-9)7-15-8-12-2-10(4-14)6-17-12/h1-6H,7-8H2. The molecule has 0 aliphatic heterocycles. The second-order valence-electron chi connectivity index (χ2n) is 3.42. The van der Waals surface area contributed by atoms with Crippen molar-refractivity contribution >= 4 is 12.6 Å². The van der Waals surface area contributed by atoms with E-state index in [1.165, 1.54) is 12.5 Å². The molecule has 5 nitrogen and oxygen atoms in total. The lowest BCUT2D eigenvalue weighted by molar-refractivity contribution is 0.0803. The van der Waals surface area contributed by atoms with Crippen LogP contribution in [0.2, 0.25) is 0 Å². The Balaban J connectivity index is 1.82. The highest BCUT2D eigenvalue weighted by molar-refractivity contribution is 5.74. The van der Waals surface area contributed by atoms with Crippen molar-refractivity contribution in [2.75, 3.05) is 0 Å². The smallest absolute Gasteiger partial charge is 0.153 e. The first-order valence-electron chi connectivity index (χ1n) is 4.94. The van der Waals surface area contributed by atoms with Crippen LogP contribution < -0.4 is 0 Å². The highest BCUT2D eigenvalue weighted by Gasteiger charge is 2.04. The van der Waals surface area contributed by atoms with Crippen LogP contribution in [0, 0.1) is 0 Å². The summed E-state index contributed by atoms with van der Waals surface area (Å²) in [5.41, 5.74) is 0.953. The summed E-state index contributed by atoms with van der Waals surface area (Å²) in [4.78, 5) is 20.8. The SMILES string of the molecule is O=Cc1coc(COCc2cc(C=O)co2)c1. The van der Waals surface area contributed by atoms with E-state index in [4.69, 9.17) is 13.6 Å². The van der Waals surface area contributed by atoms with Crippen molar-refractivity contribution in [3.05, 3.63) is 47.3 Å². The van der Waals surface area contributed by atoms with Gasteiger partial charge in [-0.05, 0) is 12.1 Å². The van der Waals surface area contributed by atoms with E-state index in [0.717, 1.165) is 0 Å². The van der Waals surface area contributed by atoms with Crippen molar-refractivity contribution in [1.82, 2.24) is 0 Å². The molecule has 17 heavy (non-hydrogen) atoms. The van der Waals surface area contributed by atoms with Gasteiger partial charge in [0.25, 0.3) is 0 Å². The van der Waals surface area contributed by atoms with Gasteiger partial charge in [-0.3, -0.25) is 9.59 Å². The van der Waals surface area contributed by atoms with Gasteiger partial charge in [0.1, 0.15) is 37.3 Å². The molecule has 0 N–H and O–H groups in total. The zero-order valence-corrected chi connectivity index (χ0v) is 8.92. The fourth-order valence-electron chi connectivity index (χ4n) is 1.32. The molecule has 2 aromatic heterocycles. The molecule has 2 rings (SSSR count). The molecule has 0 spiro atoms. The molecule has 5 heteroatoms. The molecular formula is C12H10O5. The van der Waals surface area contributed by atoms with Crippen LogP contribution in [-0.2, 0) is 18.0 Å². The summed E-state index contributed by atoms with van der Waals surface area (Å²) >= 11 is 0. The number of carbonyl (C=O) groups is 2. The second-order valence-corrected chi connectivity index (χ2v) is 3.42. The van der Waals surface area contributed by atoms with Gasteiger partial charge in [0, 0.05) is 0 Å². The van der Waals surface area contributed by atoms with Crippen LogP contribution in [0.3, 0.4) is 0 Å². The van der Waals surface area contributed by atoms with Gasteiger partial charge in [0.2, 0.25) is 0 Å². The average Bonchev–Trinajstić information content (AvgIpc) is 2.97. The Bertz CT molecular complexity index is 462. The predicted molar refractivity (Wildman–Crippen MR) is 56.7 cm³/mol. The van der Waals surface area contributed by atoms with Gasteiger partial charge in [-0.15, -0.1) is 0 Å². The number of furan rings is 2. The molecule has 0 aliphatic rings. The van der Waals surface area contributed by atoms with Crippen LogP contribution in [0.25, 0.3) is 0 Å². The average molecular weight is 234 g/mol. The van der Waals surface area contributed by atoms with E-state index >= 15 is 0 Å². The lowest BCUT2D eigenvalue weighted by Crippen LogP contribution is -1.91. The van der Waals surface area contributed by atoms with Gasteiger partial charge < -0.3 is 13.6 Å². The molecule has 0 fully saturated rings. The van der Waals surface area contributed by atoms with Crippen molar-refractivity contribution < 1.29 is 23.2 Å². The first-order chi connectivity index (χ1) is 8.31. The fourth-order valence-corrected chi connectivity index (χ4v) is 1.32. The maximum atomic E-state index is 10.4. The Hall–Kier alpha value is -2.14. The largest absolute Gasteiger partial charge is 0.466 e. The quantitative estimate of drug-likeness (QED) is 0.716. The molecule has 0 atom stereocenters. The normalized spacial score (nSPS) is 10.4. The number of aldehydes is 2. The van der Waals surface area contributed by atoms with Gasteiger partial charge >= 0.3 is 0 Å². The van der Waals surface area contributed by atoms with Gasteiger partial charge in [-0.25, -0.2) is 0 Å². The van der Waals surface area contributed by atoms with Crippen LogP contribution in [0.1, 0.15) is 32.2 Å². The summed E-state index contributed by atoms with van der Waals surface area (Å²) < 4.78 is 15.5. The third-order valence-electron chi connectivity index (χ3n) is 2.11. The maximum absolute atomic E-state index is 10.4. The van der Waals surface area contributed by atoms with E-state index in [9.17, 15) is 9.59 Å². The Morgan fingerprint density at radius 2 is 1.41 bits per heavy atom. The molecule has 0 radical (unpaired) electrons. The van der Waals surface area contributed by atoms with Crippen molar-refractivity contribution in [2.24, 2.45) is 0 Å². The third kappa shape index (κ3) is 2.92. The van der Waals surface area contributed by atoms with Gasteiger partial charge in [0.15, 0.2) is 12.6 Å². The lowest BCUT2D eigenvalue weighted by Gasteiger charge is -1.98. The van der Waals surface area contributed by atoms with E-state index in [1.807, 2.05) is 0 Å². The van der Waals surface area contributed by atoms with Crippen LogP contribution >= 0.6 is 0 Å². The zero-order valence-electron chi connectivity index (χ0n) is 8.92. The number of carbonyl (C=O) groups excluding carboxylic acids is 2. The molecule has 0 aliphatic carbocycles. The molecule has 0 bridgehead atoms. The summed E-state index contributed by atoms with van der Waals surface area (Å²) in [5.74, 6) is 1.13. The second kappa shape index (κ2) is 5.27. The topological polar surface area (TPSA) is 69.7 Å². The number of hydrogen-bond donors (Lipinski definition) is 0. The molecule has 0 saturated heterocycles. The summed E-state index contributed by atoms with van der Waals surface area (Å²) in [6.07, 6.45) is 4.14. The summed E-state index contributed by atoms with van der Waals surface area (Å²) in [6.45, 7) is 0.482. The molecule has 88 valence electrons. The van der Waals surface area contributed by atoms with Crippen LogP contribution in [0.5, 0.6) is 0 Å². The zero-order chi connectivity index (χ0) is 12.1. The minimum atomic E-state index is 0.241. The monoisotopic (exact) mass is 234 g/mol. The maximum Gasteiger partial charge on any atom is 0.153 e. The van der Waals surface area contributed by atoms with Crippen LogP contribution in [0.15, 0.2) is 33.5 Å².